The average Bonchev–Trinajstić information content (AvgIpc) is 3.08. The number of esters is 1. The summed E-state index contributed by atoms with van der Waals surface area (Å²) in [6.07, 6.45) is 0.750. The lowest BCUT2D eigenvalue weighted by atomic mass is 10.1. The summed E-state index contributed by atoms with van der Waals surface area (Å²) in [5.41, 5.74) is 0.621. The molecule has 0 spiro atoms. The third-order valence-corrected chi connectivity index (χ3v) is 6.63. The first-order valence-electron chi connectivity index (χ1n) is 7.97. The summed E-state index contributed by atoms with van der Waals surface area (Å²) in [5.74, 6) is -1.03. The van der Waals surface area contributed by atoms with Gasteiger partial charge in [0.15, 0.2) is 0 Å². The SMILES string of the molecule is COC(=O)C1CCC(c2ccc(F)cc2)N1S(=O)(=O)c1ccc(Cl)cc1. The standard InChI is InChI=1S/C18H17ClFNO4S/c1-25-18(22)17-11-10-16(12-2-6-14(20)7-3-12)21(17)26(23,24)15-8-4-13(19)5-9-15/h2-9,16-17H,10-11H2,1H3. The Morgan fingerprint density at radius 2 is 1.73 bits per heavy atom. The molecule has 1 fully saturated rings. The number of nitrogens with zero attached hydrogens (tertiary/aromatic N) is 1. The van der Waals surface area contributed by atoms with Crippen molar-refractivity contribution in [3.05, 3.63) is 64.9 Å². The molecule has 1 aliphatic heterocycles. The lowest BCUT2D eigenvalue weighted by Gasteiger charge is -2.28. The molecule has 2 aromatic carbocycles. The van der Waals surface area contributed by atoms with Crippen molar-refractivity contribution < 1.29 is 22.3 Å². The molecule has 0 bridgehead atoms. The van der Waals surface area contributed by atoms with E-state index in [2.05, 4.69) is 0 Å². The summed E-state index contributed by atoms with van der Waals surface area (Å²) in [6, 6.07) is 9.83. The van der Waals surface area contributed by atoms with Crippen LogP contribution < -0.4 is 0 Å². The summed E-state index contributed by atoms with van der Waals surface area (Å²) < 4.78 is 45.7. The first-order chi connectivity index (χ1) is 12.3. The fourth-order valence-corrected chi connectivity index (χ4v) is 5.15. The molecule has 0 N–H and O–H groups in total. The first kappa shape index (κ1) is 18.8. The van der Waals surface area contributed by atoms with Gasteiger partial charge in [-0.2, -0.15) is 4.31 Å². The average molecular weight is 398 g/mol. The van der Waals surface area contributed by atoms with Crippen molar-refractivity contribution in [3.63, 3.8) is 0 Å². The van der Waals surface area contributed by atoms with Gasteiger partial charge in [0.2, 0.25) is 10.0 Å². The third kappa shape index (κ3) is 3.47. The first-order valence-corrected chi connectivity index (χ1v) is 9.79. The molecule has 2 unspecified atom stereocenters. The maximum atomic E-state index is 13.2. The number of carbonyl (C=O) groups excluding carboxylic acids is 1. The van der Waals surface area contributed by atoms with Crippen LogP contribution in [0.25, 0.3) is 0 Å². The number of halogens is 2. The molecule has 0 aliphatic carbocycles. The van der Waals surface area contributed by atoms with Crippen molar-refractivity contribution in [3.8, 4) is 0 Å². The Morgan fingerprint density at radius 1 is 1.12 bits per heavy atom. The van der Waals surface area contributed by atoms with Crippen LogP contribution in [0.4, 0.5) is 4.39 Å². The normalized spacial score (nSPS) is 20.9. The van der Waals surface area contributed by atoms with Gasteiger partial charge in [0.1, 0.15) is 11.9 Å². The summed E-state index contributed by atoms with van der Waals surface area (Å²) >= 11 is 5.84. The van der Waals surface area contributed by atoms with E-state index in [-0.39, 0.29) is 4.90 Å². The van der Waals surface area contributed by atoms with Gasteiger partial charge >= 0.3 is 5.97 Å². The summed E-state index contributed by atoms with van der Waals surface area (Å²) in [5, 5.41) is 0.407. The highest BCUT2D eigenvalue weighted by atomic mass is 35.5. The molecule has 2 aromatic rings. The molecule has 1 saturated heterocycles. The third-order valence-electron chi connectivity index (χ3n) is 4.44. The second kappa shape index (κ2) is 7.34. The Kier molecular flexibility index (Phi) is 5.32. The van der Waals surface area contributed by atoms with Crippen molar-refractivity contribution in [2.75, 3.05) is 7.11 Å². The van der Waals surface area contributed by atoms with Crippen LogP contribution in [0.5, 0.6) is 0 Å². The molecule has 0 amide bonds. The van der Waals surface area contributed by atoms with E-state index < -0.39 is 33.9 Å². The lowest BCUT2D eigenvalue weighted by Crippen LogP contribution is -2.42. The quantitative estimate of drug-likeness (QED) is 0.740. The molecular weight excluding hydrogens is 381 g/mol. The Bertz CT molecular complexity index is 900. The van der Waals surface area contributed by atoms with E-state index in [0.717, 1.165) is 4.31 Å². The number of hydrogen-bond acceptors (Lipinski definition) is 4. The molecular formula is C18H17ClFNO4S. The van der Waals surface area contributed by atoms with Gasteiger partial charge < -0.3 is 4.74 Å². The molecule has 1 aliphatic rings. The fraction of sp³-hybridized carbons (Fsp3) is 0.278. The predicted octanol–water partition coefficient (Wildman–Crippen LogP) is 3.55. The van der Waals surface area contributed by atoms with Gasteiger partial charge in [0.25, 0.3) is 0 Å². The highest BCUT2D eigenvalue weighted by Crippen LogP contribution is 2.41. The molecule has 138 valence electrons. The summed E-state index contributed by atoms with van der Waals surface area (Å²) in [4.78, 5) is 12.2. The molecule has 2 atom stereocenters. The van der Waals surface area contributed by atoms with Crippen LogP contribution in [0.15, 0.2) is 53.4 Å². The van der Waals surface area contributed by atoms with Crippen LogP contribution in [0.2, 0.25) is 5.02 Å². The molecule has 8 heteroatoms. The van der Waals surface area contributed by atoms with Crippen LogP contribution in [0.3, 0.4) is 0 Å². The molecule has 0 aromatic heterocycles. The fourth-order valence-electron chi connectivity index (χ4n) is 3.21. The highest BCUT2D eigenvalue weighted by Gasteiger charge is 2.46. The Hall–Kier alpha value is -1.96. The van der Waals surface area contributed by atoms with E-state index in [1.54, 1.807) is 0 Å². The number of ether oxygens (including phenoxy) is 1. The molecule has 26 heavy (non-hydrogen) atoms. The number of sulfonamides is 1. The maximum Gasteiger partial charge on any atom is 0.324 e. The second-order valence-corrected chi connectivity index (χ2v) is 8.25. The van der Waals surface area contributed by atoms with Crippen LogP contribution >= 0.6 is 11.6 Å². The van der Waals surface area contributed by atoms with Gasteiger partial charge in [-0.05, 0) is 54.8 Å². The monoisotopic (exact) mass is 397 g/mol. The minimum Gasteiger partial charge on any atom is -0.468 e. The van der Waals surface area contributed by atoms with Crippen LogP contribution in [-0.4, -0.2) is 31.8 Å². The Labute approximate surface area is 156 Å². The van der Waals surface area contributed by atoms with Crippen molar-refractivity contribution in [1.29, 1.82) is 0 Å². The Balaban J connectivity index is 2.07. The molecule has 5 nitrogen and oxygen atoms in total. The largest absolute Gasteiger partial charge is 0.468 e. The Morgan fingerprint density at radius 3 is 2.31 bits per heavy atom. The van der Waals surface area contributed by atoms with Crippen molar-refractivity contribution >= 4 is 27.6 Å². The van der Waals surface area contributed by atoms with E-state index in [1.807, 2.05) is 0 Å². The number of hydrogen-bond donors (Lipinski definition) is 0. The number of rotatable bonds is 4. The number of methoxy groups -OCH3 is 1. The zero-order valence-electron chi connectivity index (χ0n) is 13.9. The maximum absolute atomic E-state index is 13.2. The minimum absolute atomic E-state index is 0.0322. The van der Waals surface area contributed by atoms with Crippen molar-refractivity contribution in [2.45, 2.75) is 29.8 Å². The molecule has 3 rings (SSSR count). The molecule has 0 radical (unpaired) electrons. The smallest absolute Gasteiger partial charge is 0.324 e. The lowest BCUT2D eigenvalue weighted by molar-refractivity contribution is -0.144. The van der Waals surface area contributed by atoms with Crippen LogP contribution in [0.1, 0.15) is 24.4 Å². The number of carbonyl (C=O) groups is 1. The van der Waals surface area contributed by atoms with Gasteiger partial charge in [-0.3, -0.25) is 4.79 Å². The van der Waals surface area contributed by atoms with Crippen LogP contribution in [-0.2, 0) is 19.6 Å². The van der Waals surface area contributed by atoms with E-state index >= 15 is 0 Å². The minimum atomic E-state index is -3.99. The molecule has 0 saturated carbocycles. The van der Waals surface area contributed by atoms with E-state index in [4.69, 9.17) is 16.3 Å². The molecule has 1 heterocycles. The van der Waals surface area contributed by atoms with Gasteiger partial charge in [-0.25, -0.2) is 12.8 Å². The van der Waals surface area contributed by atoms with E-state index in [1.165, 1.54) is 55.6 Å². The van der Waals surface area contributed by atoms with Gasteiger partial charge in [-0.1, -0.05) is 23.7 Å². The summed E-state index contributed by atoms with van der Waals surface area (Å²) in [6.45, 7) is 0. The van der Waals surface area contributed by atoms with Crippen molar-refractivity contribution in [1.82, 2.24) is 4.31 Å². The zero-order chi connectivity index (χ0) is 18.9. The van der Waals surface area contributed by atoms with Gasteiger partial charge in [0.05, 0.1) is 18.0 Å². The van der Waals surface area contributed by atoms with Gasteiger partial charge in [-0.15, -0.1) is 0 Å². The van der Waals surface area contributed by atoms with E-state index in [9.17, 15) is 17.6 Å². The number of benzene rings is 2. The van der Waals surface area contributed by atoms with Crippen molar-refractivity contribution in [2.24, 2.45) is 0 Å². The summed E-state index contributed by atoms with van der Waals surface area (Å²) in [7, 11) is -2.76. The highest BCUT2D eigenvalue weighted by molar-refractivity contribution is 7.89. The van der Waals surface area contributed by atoms with E-state index in [0.29, 0.717) is 23.4 Å². The second-order valence-electron chi connectivity index (χ2n) is 5.97. The predicted molar refractivity (Wildman–Crippen MR) is 94.7 cm³/mol. The van der Waals surface area contributed by atoms with Crippen LogP contribution in [0, 0.1) is 5.82 Å². The zero-order valence-corrected chi connectivity index (χ0v) is 15.5. The van der Waals surface area contributed by atoms with Gasteiger partial charge in [0, 0.05) is 5.02 Å². The topological polar surface area (TPSA) is 63.7 Å².